The molecule has 0 aliphatic carbocycles. The second-order valence-electron chi connectivity index (χ2n) is 5.26. The van der Waals surface area contributed by atoms with Crippen LogP contribution in [0.5, 0.6) is 0 Å². The Morgan fingerprint density at radius 1 is 1.53 bits per heavy atom. The molecule has 0 aromatic carbocycles. The summed E-state index contributed by atoms with van der Waals surface area (Å²) < 4.78 is 5.33. The third-order valence-corrected chi connectivity index (χ3v) is 3.38. The number of hydrogen-bond acceptors (Lipinski definition) is 4. The molecule has 0 spiro atoms. The quantitative estimate of drug-likeness (QED) is 0.838. The van der Waals surface area contributed by atoms with E-state index in [1.807, 2.05) is 4.90 Å². The number of piperidine rings is 1. The summed E-state index contributed by atoms with van der Waals surface area (Å²) in [5.74, 6) is 1.63. The maximum absolute atomic E-state index is 12.0. The van der Waals surface area contributed by atoms with E-state index >= 15 is 0 Å². The molecule has 1 atom stereocenters. The lowest BCUT2D eigenvalue weighted by Gasteiger charge is -2.32. The van der Waals surface area contributed by atoms with Gasteiger partial charge in [-0.2, -0.15) is 4.98 Å². The molecule has 0 saturated carbocycles. The van der Waals surface area contributed by atoms with E-state index in [0.717, 1.165) is 38.1 Å². The van der Waals surface area contributed by atoms with Gasteiger partial charge >= 0.3 is 6.03 Å². The zero-order chi connectivity index (χ0) is 13.8. The van der Waals surface area contributed by atoms with Crippen LogP contribution in [0.2, 0.25) is 0 Å². The van der Waals surface area contributed by atoms with E-state index in [9.17, 15) is 4.79 Å². The van der Waals surface area contributed by atoms with Gasteiger partial charge in [0.25, 0.3) is 0 Å². The summed E-state index contributed by atoms with van der Waals surface area (Å²) in [6.45, 7) is 3.57. The molecule has 19 heavy (non-hydrogen) atoms. The lowest BCUT2D eigenvalue weighted by Crippen LogP contribution is -2.44. The number of carbonyl (C=O) groups excluding carboxylic acids is 1. The first-order valence-electron chi connectivity index (χ1n) is 6.90. The van der Waals surface area contributed by atoms with Crippen LogP contribution in [0.3, 0.4) is 0 Å². The van der Waals surface area contributed by atoms with E-state index in [4.69, 9.17) is 4.52 Å². The Kier molecular flexibility index (Phi) is 4.39. The molecule has 1 unspecified atom stereocenters. The molecule has 0 N–H and O–H groups in total. The van der Waals surface area contributed by atoms with Gasteiger partial charge in [0.1, 0.15) is 0 Å². The Bertz CT molecular complexity index is 430. The first-order chi connectivity index (χ1) is 9.11. The molecule has 2 rings (SSSR count). The predicted molar refractivity (Wildman–Crippen MR) is 70.9 cm³/mol. The number of aromatic nitrogens is 2. The summed E-state index contributed by atoms with van der Waals surface area (Å²) >= 11 is 0. The van der Waals surface area contributed by atoms with Crippen molar-refractivity contribution in [2.24, 2.45) is 0 Å². The predicted octanol–water partition coefficient (Wildman–Crippen LogP) is 1.88. The van der Waals surface area contributed by atoms with E-state index in [0.29, 0.717) is 12.4 Å². The van der Waals surface area contributed by atoms with Crippen LogP contribution in [0.4, 0.5) is 4.79 Å². The summed E-state index contributed by atoms with van der Waals surface area (Å²) in [6, 6.07) is 0.0537. The molecule has 1 aliphatic rings. The first-order valence-corrected chi connectivity index (χ1v) is 6.90. The van der Waals surface area contributed by atoms with E-state index in [2.05, 4.69) is 17.1 Å². The second-order valence-corrected chi connectivity index (χ2v) is 5.26. The van der Waals surface area contributed by atoms with Crippen LogP contribution in [0.25, 0.3) is 0 Å². The Morgan fingerprint density at radius 2 is 2.32 bits per heavy atom. The molecule has 1 aromatic rings. The normalized spacial score (nSPS) is 19.5. The Morgan fingerprint density at radius 3 is 3.00 bits per heavy atom. The third-order valence-electron chi connectivity index (χ3n) is 3.38. The number of amides is 2. The highest BCUT2D eigenvalue weighted by molar-refractivity contribution is 5.74. The van der Waals surface area contributed by atoms with E-state index in [1.165, 1.54) is 0 Å². The van der Waals surface area contributed by atoms with Crippen molar-refractivity contribution < 1.29 is 9.32 Å². The van der Waals surface area contributed by atoms with Crippen molar-refractivity contribution in [3.8, 4) is 0 Å². The molecule has 6 heteroatoms. The maximum atomic E-state index is 12.0. The van der Waals surface area contributed by atoms with Gasteiger partial charge in [0.2, 0.25) is 5.89 Å². The average molecular weight is 266 g/mol. The van der Waals surface area contributed by atoms with Crippen LogP contribution in [0.1, 0.15) is 43.8 Å². The number of urea groups is 1. The van der Waals surface area contributed by atoms with Crippen molar-refractivity contribution in [3.63, 3.8) is 0 Å². The number of likely N-dealkylation sites (tertiary alicyclic amines) is 1. The third kappa shape index (κ3) is 3.24. The lowest BCUT2D eigenvalue weighted by atomic mass is 9.98. The van der Waals surface area contributed by atoms with Gasteiger partial charge in [-0.25, -0.2) is 4.79 Å². The van der Waals surface area contributed by atoms with Gasteiger partial charge in [0.15, 0.2) is 5.82 Å². The van der Waals surface area contributed by atoms with Gasteiger partial charge in [0, 0.05) is 33.6 Å². The number of carbonyl (C=O) groups is 1. The Balaban J connectivity index is 2.01. The van der Waals surface area contributed by atoms with Crippen LogP contribution >= 0.6 is 0 Å². The lowest BCUT2D eigenvalue weighted by molar-refractivity contribution is 0.149. The van der Waals surface area contributed by atoms with E-state index in [-0.39, 0.29) is 11.9 Å². The molecule has 0 radical (unpaired) electrons. The summed E-state index contributed by atoms with van der Waals surface area (Å²) in [7, 11) is 3.55. The molecule has 1 aromatic heterocycles. The minimum Gasteiger partial charge on any atom is -0.339 e. The summed E-state index contributed by atoms with van der Waals surface area (Å²) in [4.78, 5) is 19.9. The van der Waals surface area contributed by atoms with Gasteiger partial charge in [0.05, 0.1) is 5.92 Å². The highest BCUT2D eigenvalue weighted by Gasteiger charge is 2.29. The van der Waals surface area contributed by atoms with Crippen LogP contribution in [0.15, 0.2) is 4.52 Å². The van der Waals surface area contributed by atoms with Crippen LogP contribution in [-0.4, -0.2) is 53.2 Å². The molecule has 1 fully saturated rings. The fraction of sp³-hybridized carbons (Fsp3) is 0.769. The van der Waals surface area contributed by atoms with Crippen LogP contribution < -0.4 is 0 Å². The first kappa shape index (κ1) is 13.8. The molecule has 106 valence electrons. The van der Waals surface area contributed by atoms with Crippen LogP contribution in [-0.2, 0) is 6.42 Å². The van der Waals surface area contributed by atoms with Crippen molar-refractivity contribution in [1.82, 2.24) is 19.9 Å². The average Bonchev–Trinajstić information content (AvgIpc) is 2.87. The molecular formula is C13H22N4O2. The van der Waals surface area contributed by atoms with Crippen molar-refractivity contribution >= 4 is 6.03 Å². The minimum absolute atomic E-state index is 0.0537. The van der Waals surface area contributed by atoms with Crippen molar-refractivity contribution in [1.29, 1.82) is 0 Å². The summed E-state index contributed by atoms with van der Waals surface area (Å²) in [5.41, 5.74) is 0. The standard InChI is InChI=1S/C13H22N4O2/c1-4-6-11-14-12(19-15-11)10-7-5-8-17(9-10)13(18)16(2)3/h10H,4-9H2,1-3H3. The van der Waals surface area contributed by atoms with Gasteiger partial charge in [-0.15, -0.1) is 0 Å². The fourth-order valence-corrected chi connectivity index (χ4v) is 2.39. The van der Waals surface area contributed by atoms with Gasteiger partial charge in [-0.3, -0.25) is 0 Å². The molecule has 1 saturated heterocycles. The zero-order valence-electron chi connectivity index (χ0n) is 11.9. The van der Waals surface area contributed by atoms with Gasteiger partial charge < -0.3 is 14.3 Å². The van der Waals surface area contributed by atoms with Crippen molar-refractivity contribution in [2.75, 3.05) is 27.2 Å². The molecule has 0 bridgehead atoms. The molecule has 1 aliphatic heterocycles. The van der Waals surface area contributed by atoms with Gasteiger partial charge in [-0.1, -0.05) is 12.1 Å². The van der Waals surface area contributed by atoms with Crippen molar-refractivity contribution in [2.45, 2.75) is 38.5 Å². The number of aryl methyl sites for hydroxylation is 1. The van der Waals surface area contributed by atoms with Gasteiger partial charge in [-0.05, 0) is 19.3 Å². The Hall–Kier alpha value is -1.59. The van der Waals surface area contributed by atoms with E-state index < -0.39 is 0 Å². The second kappa shape index (κ2) is 6.04. The zero-order valence-corrected chi connectivity index (χ0v) is 11.9. The molecular weight excluding hydrogens is 244 g/mol. The Labute approximate surface area is 113 Å². The number of hydrogen-bond donors (Lipinski definition) is 0. The topological polar surface area (TPSA) is 62.5 Å². The highest BCUT2D eigenvalue weighted by atomic mass is 16.5. The highest BCUT2D eigenvalue weighted by Crippen LogP contribution is 2.26. The summed E-state index contributed by atoms with van der Waals surface area (Å²) in [6.07, 6.45) is 3.84. The fourth-order valence-electron chi connectivity index (χ4n) is 2.39. The SMILES string of the molecule is CCCc1noc(C2CCCN(C(=O)N(C)C)C2)n1. The summed E-state index contributed by atoms with van der Waals surface area (Å²) in [5, 5.41) is 3.99. The maximum Gasteiger partial charge on any atom is 0.319 e. The smallest absolute Gasteiger partial charge is 0.319 e. The molecule has 2 amide bonds. The number of rotatable bonds is 3. The minimum atomic E-state index is 0.0537. The van der Waals surface area contributed by atoms with Crippen LogP contribution in [0, 0.1) is 0 Å². The largest absolute Gasteiger partial charge is 0.339 e. The monoisotopic (exact) mass is 266 g/mol. The number of nitrogens with zero attached hydrogens (tertiary/aromatic N) is 4. The molecule has 6 nitrogen and oxygen atoms in total. The molecule has 2 heterocycles. The van der Waals surface area contributed by atoms with E-state index in [1.54, 1.807) is 19.0 Å². The van der Waals surface area contributed by atoms with Crippen molar-refractivity contribution in [3.05, 3.63) is 11.7 Å².